The number of H-pyrrole nitrogens is 1. The lowest BCUT2D eigenvalue weighted by Gasteiger charge is -1.94. The van der Waals surface area contributed by atoms with Gasteiger partial charge in [-0.15, -0.1) is 0 Å². The molecule has 3 rings (SSSR count). The highest BCUT2D eigenvalue weighted by Crippen LogP contribution is 2.22. The van der Waals surface area contributed by atoms with E-state index >= 15 is 0 Å². The number of aromatic nitrogens is 3. The van der Waals surface area contributed by atoms with E-state index in [-0.39, 0.29) is 5.28 Å². The zero-order valence-corrected chi connectivity index (χ0v) is 9.07. The molecule has 0 aliphatic heterocycles. The molecule has 0 aliphatic carbocycles. The third-order valence-corrected chi connectivity index (χ3v) is 2.61. The van der Waals surface area contributed by atoms with Crippen molar-refractivity contribution in [2.24, 2.45) is 0 Å². The molecule has 0 radical (unpaired) electrons. The van der Waals surface area contributed by atoms with Gasteiger partial charge >= 0.3 is 0 Å². The Kier molecular flexibility index (Phi) is 2.11. The minimum atomic E-state index is 0.258. The van der Waals surface area contributed by atoms with Crippen LogP contribution >= 0.6 is 11.6 Å². The molecule has 78 valence electrons. The number of benzene rings is 1. The molecule has 2 heterocycles. The predicted molar refractivity (Wildman–Crippen MR) is 64.3 cm³/mol. The summed E-state index contributed by atoms with van der Waals surface area (Å²) in [5.41, 5.74) is 2.91. The van der Waals surface area contributed by atoms with Gasteiger partial charge < -0.3 is 4.98 Å². The topological polar surface area (TPSA) is 41.6 Å². The number of halogens is 1. The van der Waals surface area contributed by atoms with Gasteiger partial charge in [-0.2, -0.15) is 4.98 Å². The fourth-order valence-electron chi connectivity index (χ4n) is 1.67. The van der Waals surface area contributed by atoms with Crippen molar-refractivity contribution in [3.8, 4) is 11.3 Å². The van der Waals surface area contributed by atoms with E-state index in [9.17, 15) is 0 Å². The zero-order chi connectivity index (χ0) is 11.0. The van der Waals surface area contributed by atoms with Gasteiger partial charge in [0, 0.05) is 17.3 Å². The van der Waals surface area contributed by atoms with Crippen LogP contribution in [-0.4, -0.2) is 15.0 Å². The first-order valence-electron chi connectivity index (χ1n) is 4.89. The van der Waals surface area contributed by atoms with E-state index in [4.69, 9.17) is 11.6 Å². The van der Waals surface area contributed by atoms with Crippen molar-refractivity contribution >= 4 is 22.6 Å². The van der Waals surface area contributed by atoms with Crippen LogP contribution < -0.4 is 0 Å². The van der Waals surface area contributed by atoms with Gasteiger partial charge in [0.1, 0.15) is 5.65 Å². The van der Waals surface area contributed by atoms with Gasteiger partial charge in [-0.3, -0.25) is 0 Å². The first-order chi connectivity index (χ1) is 7.83. The molecule has 2 aromatic heterocycles. The Morgan fingerprint density at radius 1 is 1.12 bits per heavy atom. The maximum atomic E-state index is 5.73. The largest absolute Gasteiger partial charge is 0.339 e. The molecule has 0 spiro atoms. The Morgan fingerprint density at radius 2 is 1.94 bits per heavy atom. The molecule has 4 heteroatoms. The van der Waals surface area contributed by atoms with E-state index < -0.39 is 0 Å². The van der Waals surface area contributed by atoms with E-state index in [1.165, 1.54) is 0 Å². The van der Waals surface area contributed by atoms with E-state index in [0.717, 1.165) is 22.3 Å². The molecule has 0 bridgehead atoms. The normalized spacial score (nSPS) is 10.8. The Bertz CT molecular complexity index is 631. The van der Waals surface area contributed by atoms with E-state index in [1.54, 1.807) is 6.20 Å². The smallest absolute Gasteiger partial charge is 0.224 e. The lowest BCUT2D eigenvalue weighted by Crippen LogP contribution is -1.81. The van der Waals surface area contributed by atoms with Gasteiger partial charge in [-0.1, -0.05) is 30.3 Å². The summed E-state index contributed by atoms with van der Waals surface area (Å²) >= 11 is 5.73. The number of hydrogen-bond donors (Lipinski definition) is 1. The third kappa shape index (κ3) is 1.55. The fourth-order valence-corrected chi connectivity index (χ4v) is 1.80. The Labute approximate surface area is 97.1 Å². The lowest BCUT2D eigenvalue weighted by atomic mass is 10.1. The number of hydrogen-bond acceptors (Lipinski definition) is 2. The van der Waals surface area contributed by atoms with E-state index in [2.05, 4.69) is 15.0 Å². The zero-order valence-electron chi connectivity index (χ0n) is 8.31. The van der Waals surface area contributed by atoms with Crippen molar-refractivity contribution in [1.82, 2.24) is 15.0 Å². The summed E-state index contributed by atoms with van der Waals surface area (Å²) in [7, 11) is 0. The Balaban J connectivity index is 2.19. The van der Waals surface area contributed by atoms with Gasteiger partial charge in [0.15, 0.2) is 0 Å². The standard InChI is InChI=1S/C12H8ClN3/c13-12-14-7-9-6-10(15-11(9)16-12)8-4-2-1-3-5-8/h1-7H,(H,14,15,16). The van der Waals surface area contributed by atoms with Gasteiger partial charge in [0.2, 0.25) is 5.28 Å². The number of aromatic amines is 1. The molecule has 0 fully saturated rings. The van der Waals surface area contributed by atoms with Crippen LogP contribution in [0.5, 0.6) is 0 Å². The summed E-state index contributed by atoms with van der Waals surface area (Å²) < 4.78 is 0. The third-order valence-electron chi connectivity index (χ3n) is 2.43. The second-order valence-corrected chi connectivity index (χ2v) is 3.83. The van der Waals surface area contributed by atoms with Crippen molar-refractivity contribution in [3.63, 3.8) is 0 Å². The molecule has 1 N–H and O–H groups in total. The number of fused-ring (bicyclic) bond motifs is 1. The van der Waals surface area contributed by atoms with Crippen molar-refractivity contribution in [2.45, 2.75) is 0 Å². The number of nitrogens with zero attached hydrogens (tertiary/aromatic N) is 2. The molecule has 0 aliphatic rings. The lowest BCUT2D eigenvalue weighted by molar-refractivity contribution is 1.20. The first-order valence-corrected chi connectivity index (χ1v) is 5.27. The van der Waals surface area contributed by atoms with E-state index in [0.29, 0.717) is 0 Å². The minimum absolute atomic E-state index is 0.258. The number of rotatable bonds is 1. The second-order valence-electron chi connectivity index (χ2n) is 3.49. The summed E-state index contributed by atoms with van der Waals surface area (Å²) in [5.74, 6) is 0. The molecule has 1 aromatic carbocycles. The van der Waals surface area contributed by atoms with Crippen LogP contribution in [0.1, 0.15) is 0 Å². The molecule has 3 nitrogen and oxygen atoms in total. The monoisotopic (exact) mass is 229 g/mol. The average molecular weight is 230 g/mol. The predicted octanol–water partition coefficient (Wildman–Crippen LogP) is 3.28. The van der Waals surface area contributed by atoms with Crippen LogP contribution in [0.25, 0.3) is 22.3 Å². The summed E-state index contributed by atoms with van der Waals surface area (Å²) in [5, 5.41) is 1.22. The van der Waals surface area contributed by atoms with Gasteiger partial charge in [0.05, 0.1) is 0 Å². The van der Waals surface area contributed by atoms with Crippen molar-refractivity contribution < 1.29 is 0 Å². The molecule has 0 atom stereocenters. The minimum Gasteiger partial charge on any atom is -0.339 e. The van der Waals surface area contributed by atoms with Crippen LogP contribution in [0.4, 0.5) is 0 Å². The van der Waals surface area contributed by atoms with Crippen LogP contribution in [0, 0.1) is 0 Å². The molecule has 3 aromatic rings. The molecule has 0 saturated carbocycles. The summed E-state index contributed by atoms with van der Waals surface area (Å²) in [6, 6.07) is 12.1. The van der Waals surface area contributed by atoms with Gasteiger partial charge in [-0.05, 0) is 23.2 Å². The second kappa shape index (κ2) is 3.61. The maximum Gasteiger partial charge on any atom is 0.224 e. The Hall–Kier alpha value is -1.87. The highest BCUT2D eigenvalue weighted by molar-refractivity contribution is 6.28. The van der Waals surface area contributed by atoms with Crippen LogP contribution in [0.15, 0.2) is 42.6 Å². The van der Waals surface area contributed by atoms with Crippen LogP contribution in [0.2, 0.25) is 5.28 Å². The molecule has 0 amide bonds. The maximum absolute atomic E-state index is 5.73. The summed E-state index contributed by atoms with van der Waals surface area (Å²) in [4.78, 5) is 11.3. The van der Waals surface area contributed by atoms with E-state index in [1.807, 2.05) is 36.4 Å². The highest BCUT2D eigenvalue weighted by Gasteiger charge is 2.04. The first kappa shape index (κ1) is 9.36. The fraction of sp³-hybridized carbons (Fsp3) is 0. The highest BCUT2D eigenvalue weighted by atomic mass is 35.5. The summed E-state index contributed by atoms with van der Waals surface area (Å²) in [6.45, 7) is 0. The van der Waals surface area contributed by atoms with Crippen LogP contribution in [0.3, 0.4) is 0 Å². The SMILES string of the molecule is Clc1ncc2cc(-c3ccccc3)[nH]c2n1. The average Bonchev–Trinajstić information content (AvgIpc) is 2.73. The van der Waals surface area contributed by atoms with Gasteiger partial charge in [0.25, 0.3) is 0 Å². The Morgan fingerprint density at radius 3 is 2.75 bits per heavy atom. The molecule has 0 unspecified atom stereocenters. The summed E-state index contributed by atoms with van der Waals surface area (Å²) in [6.07, 6.45) is 1.72. The van der Waals surface area contributed by atoms with Crippen molar-refractivity contribution in [3.05, 3.63) is 47.9 Å². The molecular formula is C12H8ClN3. The quantitative estimate of drug-likeness (QED) is 0.651. The van der Waals surface area contributed by atoms with Crippen molar-refractivity contribution in [1.29, 1.82) is 0 Å². The van der Waals surface area contributed by atoms with Crippen molar-refractivity contribution in [2.75, 3.05) is 0 Å². The molecular weight excluding hydrogens is 222 g/mol. The van der Waals surface area contributed by atoms with Crippen LogP contribution in [-0.2, 0) is 0 Å². The van der Waals surface area contributed by atoms with Gasteiger partial charge in [-0.25, -0.2) is 4.98 Å². The molecule has 0 saturated heterocycles. The molecule has 16 heavy (non-hydrogen) atoms. The number of nitrogens with one attached hydrogen (secondary N) is 1.